The molecular formula is C13H15N5O2. The molecule has 2 aromatic rings. The summed E-state index contributed by atoms with van der Waals surface area (Å²) in [6.07, 6.45) is 0.889. The van der Waals surface area contributed by atoms with Gasteiger partial charge in [0.05, 0.1) is 18.8 Å². The first-order valence-electron chi connectivity index (χ1n) is 6.33. The number of fused-ring (bicyclic) bond motifs is 1. The van der Waals surface area contributed by atoms with Gasteiger partial charge in [0.1, 0.15) is 17.9 Å². The van der Waals surface area contributed by atoms with Crippen molar-refractivity contribution in [2.75, 3.05) is 18.9 Å². The maximum absolute atomic E-state index is 12.3. The van der Waals surface area contributed by atoms with E-state index in [1.165, 1.54) is 6.33 Å². The number of nitrogens with one attached hydrogen (secondary N) is 2. The van der Waals surface area contributed by atoms with Crippen LogP contribution < -0.4 is 10.1 Å². The number of benzene rings is 1. The Labute approximate surface area is 116 Å². The van der Waals surface area contributed by atoms with Gasteiger partial charge in [-0.1, -0.05) is 12.1 Å². The number of H-pyrrole nitrogens is 1. The molecule has 1 unspecified atom stereocenters. The molecule has 0 saturated heterocycles. The Morgan fingerprint density at radius 3 is 3.15 bits per heavy atom. The van der Waals surface area contributed by atoms with E-state index in [0.29, 0.717) is 24.7 Å². The summed E-state index contributed by atoms with van der Waals surface area (Å²) < 4.78 is 5.73. The van der Waals surface area contributed by atoms with Crippen molar-refractivity contribution in [2.45, 2.75) is 12.6 Å². The van der Waals surface area contributed by atoms with Gasteiger partial charge in [0.25, 0.3) is 5.91 Å². The van der Waals surface area contributed by atoms with Crippen molar-refractivity contribution in [1.29, 1.82) is 0 Å². The minimum absolute atomic E-state index is 0.0941. The summed E-state index contributed by atoms with van der Waals surface area (Å²) in [6, 6.07) is 7.57. The third-order valence-corrected chi connectivity index (χ3v) is 3.14. The van der Waals surface area contributed by atoms with E-state index in [4.69, 9.17) is 4.74 Å². The van der Waals surface area contributed by atoms with Crippen LogP contribution >= 0.6 is 0 Å². The van der Waals surface area contributed by atoms with E-state index < -0.39 is 6.10 Å². The number of aromatic nitrogens is 3. The Morgan fingerprint density at radius 1 is 1.50 bits per heavy atom. The molecule has 20 heavy (non-hydrogen) atoms. The molecule has 2 heterocycles. The van der Waals surface area contributed by atoms with Gasteiger partial charge in [-0.25, -0.2) is 4.98 Å². The maximum Gasteiger partial charge on any atom is 0.265 e. The van der Waals surface area contributed by atoms with Gasteiger partial charge in [0.2, 0.25) is 0 Å². The van der Waals surface area contributed by atoms with Crippen LogP contribution in [-0.4, -0.2) is 45.7 Å². The fourth-order valence-electron chi connectivity index (χ4n) is 2.11. The fraction of sp³-hybridized carbons (Fsp3) is 0.308. The summed E-state index contributed by atoms with van der Waals surface area (Å²) in [7, 11) is 1.72. The second-order valence-electron chi connectivity index (χ2n) is 4.61. The Bertz CT molecular complexity index is 599. The predicted octanol–water partition coefficient (Wildman–Crippen LogP) is 0.636. The summed E-state index contributed by atoms with van der Waals surface area (Å²) in [5.41, 5.74) is 0.912. The van der Waals surface area contributed by atoms with E-state index in [0.717, 1.165) is 5.69 Å². The largest absolute Gasteiger partial charge is 0.477 e. The molecule has 7 nitrogen and oxygen atoms in total. The number of hydrogen-bond acceptors (Lipinski definition) is 5. The van der Waals surface area contributed by atoms with Crippen LogP contribution in [0.1, 0.15) is 5.82 Å². The SMILES string of the molecule is CN(Cc1ncn[nH]1)C(=O)C1CNc2ccccc2O1. The van der Waals surface area contributed by atoms with Crippen molar-refractivity contribution < 1.29 is 9.53 Å². The summed E-state index contributed by atoms with van der Waals surface area (Å²) >= 11 is 0. The molecular weight excluding hydrogens is 258 g/mol. The Hall–Kier alpha value is -2.57. The normalized spacial score (nSPS) is 16.8. The zero-order valence-corrected chi connectivity index (χ0v) is 11.0. The van der Waals surface area contributed by atoms with Crippen LogP contribution in [0.3, 0.4) is 0 Å². The smallest absolute Gasteiger partial charge is 0.265 e. The number of carbonyl (C=O) groups excluding carboxylic acids is 1. The molecule has 3 rings (SSSR count). The summed E-state index contributed by atoms with van der Waals surface area (Å²) in [5, 5.41) is 9.69. The number of aromatic amines is 1. The van der Waals surface area contributed by atoms with Gasteiger partial charge in [-0.05, 0) is 12.1 Å². The first-order valence-corrected chi connectivity index (χ1v) is 6.33. The topological polar surface area (TPSA) is 83.1 Å². The molecule has 0 bridgehead atoms. The highest BCUT2D eigenvalue weighted by molar-refractivity contribution is 5.82. The van der Waals surface area contributed by atoms with Crippen LogP contribution in [0.15, 0.2) is 30.6 Å². The second kappa shape index (κ2) is 5.20. The van der Waals surface area contributed by atoms with Gasteiger partial charge in [-0.15, -0.1) is 0 Å². The monoisotopic (exact) mass is 273 g/mol. The number of anilines is 1. The average molecular weight is 273 g/mol. The van der Waals surface area contributed by atoms with Gasteiger partial charge < -0.3 is 15.0 Å². The highest BCUT2D eigenvalue weighted by atomic mass is 16.5. The van der Waals surface area contributed by atoms with Crippen LogP contribution in [-0.2, 0) is 11.3 Å². The van der Waals surface area contributed by atoms with Gasteiger partial charge in [-0.3, -0.25) is 9.89 Å². The molecule has 2 N–H and O–H groups in total. The molecule has 1 aliphatic rings. The second-order valence-corrected chi connectivity index (χ2v) is 4.61. The van der Waals surface area contributed by atoms with E-state index in [1.807, 2.05) is 24.3 Å². The summed E-state index contributed by atoms with van der Waals surface area (Å²) in [6.45, 7) is 0.830. The molecule has 1 aliphatic heterocycles. The van der Waals surface area contributed by atoms with Crippen molar-refractivity contribution in [3.05, 3.63) is 36.4 Å². The fourth-order valence-corrected chi connectivity index (χ4v) is 2.11. The Morgan fingerprint density at radius 2 is 2.35 bits per heavy atom. The number of hydrogen-bond donors (Lipinski definition) is 2. The molecule has 1 atom stereocenters. The van der Waals surface area contributed by atoms with Gasteiger partial charge >= 0.3 is 0 Å². The first kappa shape index (κ1) is 12.5. The van der Waals surface area contributed by atoms with E-state index in [1.54, 1.807) is 11.9 Å². The predicted molar refractivity (Wildman–Crippen MR) is 72.2 cm³/mol. The van der Waals surface area contributed by atoms with Gasteiger partial charge in [-0.2, -0.15) is 5.10 Å². The third kappa shape index (κ3) is 2.42. The maximum atomic E-state index is 12.3. The standard InChI is InChI=1S/C13H15N5O2/c1-18(7-12-15-8-16-17-12)13(19)11-6-14-9-4-2-3-5-10(9)20-11/h2-5,8,11,14H,6-7H2,1H3,(H,15,16,17). The van der Waals surface area contributed by atoms with Gasteiger partial charge in [0, 0.05) is 7.05 Å². The number of para-hydroxylation sites is 2. The van der Waals surface area contributed by atoms with Crippen LogP contribution in [0.25, 0.3) is 0 Å². The van der Waals surface area contributed by atoms with Crippen molar-refractivity contribution in [3.8, 4) is 5.75 Å². The van der Waals surface area contributed by atoms with E-state index >= 15 is 0 Å². The molecule has 0 spiro atoms. The van der Waals surface area contributed by atoms with E-state index in [2.05, 4.69) is 20.5 Å². The molecule has 0 radical (unpaired) electrons. The molecule has 0 fully saturated rings. The summed E-state index contributed by atoms with van der Waals surface area (Å²) in [5.74, 6) is 1.25. The highest BCUT2D eigenvalue weighted by Gasteiger charge is 2.28. The van der Waals surface area contributed by atoms with Crippen LogP contribution in [0.5, 0.6) is 5.75 Å². The van der Waals surface area contributed by atoms with E-state index in [-0.39, 0.29) is 5.91 Å². The lowest BCUT2D eigenvalue weighted by molar-refractivity contribution is -0.137. The number of likely N-dealkylation sites (N-methyl/N-ethyl adjacent to an activating group) is 1. The van der Waals surface area contributed by atoms with Crippen molar-refractivity contribution >= 4 is 11.6 Å². The van der Waals surface area contributed by atoms with Crippen molar-refractivity contribution in [1.82, 2.24) is 20.1 Å². The third-order valence-electron chi connectivity index (χ3n) is 3.14. The molecule has 0 aliphatic carbocycles. The quantitative estimate of drug-likeness (QED) is 0.857. The lowest BCUT2D eigenvalue weighted by Gasteiger charge is -2.29. The highest BCUT2D eigenvalue weighted by Crippen LogP contribution is 2.28. The minimum atomic E-state index is -0.530. The number of rotatable bonds is 3. The average Bonchev–Trinajstić information content (AvgIpc) is 2.99. The number of nitrogens with zero attached hydrogens (tertiary/aromatic N) is 3. The zero-order valence-electron chi connectivity index (χ0n) is 11.0. The first-order chi connectivity index (χ1) is 9.74. The molecule has 7 heteroatoms. The number of carbonyl (C=O) groups is 1. The van der Waals surface area contributed by atoms with Crippen molar-refractivity contribution in [2.24, 2.45) is 0 Å². The molecule has 1 aromatic heterocycles. The minimum Gasteiger partial charge on any atom is -0.477 e. The van der Waals surface area contributed by atoms with Crippen LogP contribution in [0.2, 0.25) is 0 Å². The zero-order chi connectivity index (χ0) is 13.9. The molecule has 1 aromatic carbocycles. The van der Waals surface area contributed by atoms with Crippen LogP contribution in [0, 0.1) is 0 Å². The van der Waals surface area contributed by atoms with Crippen LogP contribution in [0.4, 0.5) is 5.69 Å². The molecule has 0 saturated carbocycles. The Balaban J connectivity index is 1.66. The summed E-state index contributed by atoms with van der Waals surface area (Å²) in [4.78, 5) is 17.9. The lowest BCUT2D eigenvalue weighted by atomic mass is 10.2. The van der Waals surface area contributed by atoms with Gasteiger partial charge in [0.15, 0.2) is 6.10 Å². The van der Waals surface area contributed by atoms with Crippen molar-refractivity contribution in [3.63, 3.8) is 0 Å². The Kier molecular flexibility index (Phi) is 3.24. The lowest BCUT2D eigenvalue weighted by Crippen LogP contribution is -2.45. The number of ether oxygens (including phenoxy) is 1. The molecule has 104 valence electrons. The van der Waals surface area contributed by atoms with E-state index in [9.17, 15) is 4.79 Å². The molecule has 1 amide bonds. The number of amides is 1.